The van der Waals surface area contributed by atoms with Gasteiger partial charge in [-0.05, 0) is 6.92 Å². The Kier molecular flexibility index (Phi) is 2.89. The maximum absolute atomic E-state index is 5.21. The molecular formula is C6H9BrN2O. The molecular weight excluding hydrogens is 196 g/mol. The predicted octanol–water partition coefficient (Wildman–Crippen LogP) is 1.67. The minimum Gasteiger partial charge on any atom is -0.359 e. The highest BCUT2D eigenvalue weighted by atomic mass is 79.9. The summed E-state index contributed by atoms with van der Waals surface area (Å²) in [7, 11) is 0. The quantitative estimate of drug-likeness (QED) is 0.762. The van der Waals surface area contributed by atoms with Crippen LogP contribution >= 0.6 is 15.9 Å². The first-order valence-corrected chi connectivity index (χ1v) is 3.94. The first-order valence-electron chi connectivity index (χ1n) is 3.03. The Balaban J connectivity index is 2.28. The number of imidazole rings is 1. The van der Waals surface area contributed by atoms with Crippen LogP contribution < -0.4 is 0 Å². The third-order valence-electron chi connectivity index (χ3n) is 1.00. The van der Waals surface area contributed by atoms with Crippen LogP contribution in [0.15, 0.2) is 12.4 Å². The number of nitrogens with zero attached hydrogens (tertiary/aromatic N) is 1. The van der Waals surface area contributed by atoms with E-state index < -0.39 is 0 Å². The van der Waals surface area contributed by atoms with E-state index in [0.717, 1.165) is 5.82 Å². The van der Waals surface area contributed by atoms with Gasteiger partial charge in [-0.2, -0.15) is 0 Å². The standard InChI is InChI=1S/C6H9BrN2O/c1-5(7)10-4-6-8-2-3-9-6/h2-3,5H,4H2,1H3,(H,8,9). The summed E-state index contributed by atoms with van der Waals surface area (Å²) in [5.41, 5.74) is 0. The minimum absolute atomic E-state index is 0.0811. The van der Waals surface area contributed by atoms with Gasteiger partial charge < -0.3 is 9.72 Å². The van der Waals surface area contributed by atoms with Crippen molar-refractivity contribution in [2.75, 3.05) is 0 Å². The molecule has 1 unspecified atom stereocenters. The lowest BCUT2D eigenvalue weighted by Crippen LogP contribution is -1.99. The molecule has 1 aromatic rings. The zero-order chi connectivity index (χ0) is 7.40. The van der Waals surface area contributed by atoms with E-state index in [1.54, 1.807) is 12.4 Å². The highest BCUT2D eigenvalue weighted by Crippen LogP contribution is 2.02. The molecule has 0 aliphatic carbocycles. The van der Waals surface area contributed by atoms with Crippen LogP contribution in [-0.2, 0) is 11.3 Å². The third-order valence-corrected chi connectivity index (χ3v) is 1.27. The lowest BCUT2D eigenvalue weighted by atomic mass is 10.7. The molecule has 1 aromatic heterocycles. The van der Waals surface area contributed by atoms with E-state index in [9.17, 15) is 0 Å². The maximum atomic E-state index is 5.21. The van der Waals surface area contributed by atoms with Crippen molar-refractivity contribution in [3.8, 4) is 0 Å². The molecule has 0 aromatic carbocycles. The number of hydrogen-bond donors (Lipinski definition) is 1. The van der Waals surface area contributed by atoms with Crippen molar-refractivity contribution in [1.29, 1.82) is 0 Å². The van der Waals surface area contributed by atoms with Crippen LogP contribution in [0.1, 0.15) is 12.7 Å². The van der Waals surface area contributed by atoms with Crippen molar-refractivity contribution < 1.29 is 4.74 Å². The van der Waals surface area contributed by atoms with Crippen LogP contribution in [0.25, 0.3) is 0 Å². The molecule has 3 nitrogen and oxygen atoms in total. The van der Waals surface area contributed by atoms with E-state index >= 15 is 0 Å². The molecule has 1 atom stereocenters. The summed E-state index contributed by atoms with van der Waals surface area (Å²) in [6, 6.07) is 0. The van der Waals surface area contributed by atoms with Gasteiger partial charge in [-0.25, -0.2) is 4.98 Å². The Labute approximate surface area is 67.9 Å². The molecule has 0 radical (unpaired) electrons. The van der Waals surface area contributed by atoms with Gasteiger partial charge in [0.15, 0.2) is 0 Å². The minimum atomic E-state index is 0.0811. The molecule has 0 saturated carbocycles. The summed E-state index contributed by atoms with van der Waals surface area (Å²) in [5.74, 6) is 0.853. The van der Waals surface area contributed by atoms with Crippen molar-refractivity contribution in [2.45, 2.75) is 18.5 Å². The molecule has 0 spiro atoms. The molecule has 1 heterocycles. The number of nitrogens with one attached hydrogen (secondary N) is 1. The molecule has 4 heteroatoms. The summed E-state index contributed by atoms with van der Waals surface area (Å²) >= 11 is 3.26. The van der Waals surface area contributed by atoms with E-state index in [-0.39, 0.29) is 5.01 Å². The zero-order valence-corrected chi connectivity index (χ0v) is 7.26. The third kappa shape index (κ3) is 2.49. The predicted molar refractivity (Wildman–Crippen MR) is 41.8 cm³/mol. The fraction of sp³-hybridized carbons (Fsp3) is 0.500. The normalized spacial score (nSPS) is 13.4. The molecule has 0 aliphatic rings. The van der Waals surface area contributed by atoms with Crippen molar-refractivity contribution in [3.05, 3.63) is 18.2 Å². The van der Waals surface area contributed by atoms with Crippen LogP contribution in [-0.4, -0.2) is 15.0 Å². The van der Waals surface area contributed by atoms with E-state index in [1.807, 2.05) is 6.92 Å². The largest absolute Gasteiger partial charge is 0.359 e. The summed E-state index contributed by atoms with van der Waals surface area (Å²) < 4.78 is 5.21. The molecule has 10 heavy (non-hydrogen) atoms. The highest BCUT2D eigenvalue weighted by molar-refractivity contribution is 9.09. The lowest BCUT2D eigenvalue weighted by molar-refractivity contribution is 0.110. The Hall–Kier alpha value is -0.350. The van der Waals surface area contributed by atoms with Crippen molar-refractivity contribution >= 4 is 15.9 Å². The van der Waals surface area contributed by atoms with Gasteiger partial charge in [-0.15, -0.1) is 0 Å². The van der Waals surface area contributed by atoms with Gasteiger partial charge in [-0.1, -0.05) is 15.9 Å². The average molecular weight is 205 g/mol. The van der Waals surface area contributed by atoms with Gasteiger partial charge >= 0.3 is 0 Å². The second kappa shape index (κ2) is 3.73. The van der Waals surface area contributed by atoms with Crippen LogP contribution in [0.2, 0.25) is 0 Å². The summed E-state index contributed by atoms with van der Waals surface area (Å²) in [6.07, 6.45) is 3.48. The molecule has 0 saturated heterocycles. The van der Waals surface area contributed by atoms with Gasteiger partial charge in [0.25, 0.3) is 0 Å². The fourth-order valence-electron chi connectivity index (χ4n) is 0.571. The van der Waals surface area contributed by atoms with Crippen molar-refractivity contribution in [3.63, 3.8) is 0 Å². The number of halogens is 1. The Morgan fingerprint density at radius 1 is 1.90 bits per heavy atom. The van der Waals surface area contributed by atoms with Crippen molar-refractivity contribution in [2.24, 2.45) is 0 Å². The first-order chi connectivity index (χ1) is 4.79. The number of alkyl halides is 1. The molecule has 0 amide bonds. The van der Waals surface area contributed by atoms with Crippen LogP contribution in [0.4, 0.5) is 0 Å². The van der Waals surface area contributed by atoms with Gasteiger partial charge in [0.05, 0.1) is 0 Å². The molecule has 1 rings (SSSR count). The molecule has 0 bridgehead atoms. The van der Waals surface area contributed by atoms with E-state index in [1.165, 1.54) is 0 Å². The van der Waals surface area contributed by atoms with Gasteiger partial charge in [-0.3, -0.25) is 0 Å². The number of aromatic nitrogens is 2. The monoisotopic (exact) mass is 204 g/mol. The zero-order valence-electron chi connectivity index (χ0n) is 5.67. The lowest BCUT2D eigenvalue weighted by Gasteiger charge is -2.01. The second-order valence-electron chi connectivity index (χ2n) is 1.89. The Bertz CT molecular complexity index is 174. The molecule has 56 valence electrons. The maximum Gasteiger partial charge on any atom is 0.132 e. The van der Waals surface area contributed by atoms with E-state index in [0.29, 0.717) is 6.61 Å². The number of H-pyrrole nitrogens is 1. The molecule has 1 N–H and O–H groups in total. The fourth-order valence-corrected chi connectivity index (χ4v) is 0.703. The first kappa shape index (κ1) is 7.75. The SMILES string of the molecule is CC(Br)OCc1ncc[nH]1. The summed E-state index contributed by atoms with van der Waals surface area (Å²) in [4.78, 5) is 6.92. The molecule has 0 fully saturated rings. The van der Waals surface area contributed by atoms with Gasteiger partial charge in [0, 0.05) is 12.4 Å². The van der Waals surface area contributed by atoms with Crippen LogP contribution in [0.5, 0.6) is 0 Å². The number of ether oxygens (including phenoxy) is 1. The van der Waals surface area contributed by atoms with E-state index in [2.05, 4.69) is 25.9 Å². The number of hydrogen-bond acceptors (Lipinski definition) is 2. The van der Waals surface area contributed by atoms with Crippen LogP contribution in [0, 0.1) is 0 Å². The summed E-state index contributed by atoms with van der Waals surface area (Å²) in [5, 5.41) is 0.0811. The topological polar surface area (TPSA) is 37.9 Å². The Morgan fingerprint density at radius 3 is 3.20 bits per heavy atom. The average Bonchev–Trinajstić information content (AvgIpc) is 2.34. The van der Waals surface area contributed by atoms with Crippen molar-refractivity contribution in [1.82, 2.24) is 9.97 Å². The number of rotatable bonds is 3. The smallest absolute Gasteiger partial charge is 0.132 e. The second-order valence-corrected chi connectivity index (χ2v) is 3.18. The van der Waals surface area contributed by atoms with E-state index in [4.69, 9.17) is 4.74 Å². The number of aromatic amines is 1. The van der Waals surface area contributed by atoms with Gasteiger partial charge in [0.2, 0.25) is 0 Å². The van der Waals surface area contributed by atoms with Crippen LogP contribution in [0.3, 0.4) is 0 Å². The Morgan fingerprint density at radius 2 is 2.70 bits per heavy atom. The van der Waals surface area contributed by atoms with Gasteiger partial charge in [0.1, 0.15) is 17.4 Å². The molecule has 0 aliphatic heterocycles. The summed E-state index contributed by atoms with van der Waals surface area (Å²) in [6.45, 7) is 2.45. The highest BCUT2D eigenvalue weighted by Gasteiger charge is 1.97.